The van der Waals surface area contributed by atoms with Crippen LogP contribution in [-0.4, -0.2) is 26.1 Å². The van der Waals surface area contributed by atoms with Crippen LogP contribution in [0.4, 0.5) is 0 Å². The van der Waals surface area contributed by atoms with Crippen molar-refractivity contribution in [2.75, 3.05) is 6.54 Å². The summed E-state index contributed by atoms with van der Waals surface area (Å²) >= 11 is 0. The van der Waals surface area contributed by atoms with E-state index >= 15 is 0 Å². The molecule has 1 N–H and O–H groups in total. The molecule has 0 radical (unpaired) electrons. The molecular formula is C14H23N5. The minimum Gasteiger partial charge on any atom is -0.309 e. The van der Waals surface area contributed by atoms with Crippen molar-refractivity contribution >= 4 is 0 Å². The lowest BCUT2D eigenvalue weighted by Gasteiger charge is -2.17. The molecule has 2 aromatic rings. The number of aryl methyl sites for hydroxylation is 1. The highest BCUT2D eigenvalue weighted by molar-refractivity contribution is 5.12. The van der Waals surface area contributed by atoms with Crippen molar-refractivity contribution in [3.8, 4) is 0 Å². The van der Waals surface area contributed by atoms with Gasteiger partial charge in [0.1, 0.15) is 0 Å². The van der Waals surface area contributed by atoms with Crippen molar-refractivity contribution in [1.82, 2.24) is 24.9 Å². The van der Waals surface area contributed by atoms with Gasteiger partial charge in [0.2, 0.25) is 0 Å². The number of nitrogens with one attached hydrogen (secondary N) is 1. The van der Waals surface area contributed by atoms with Gasteiger partial charge in [-0.1, -0.05) is 6.92 Å². The van der Waals surface area contributed by atoms with Crippen LogP contribution in [0.1, 0.15) is 44.2 Å². The van der Waals surface area contributed by atoms with Gasteiger partial charge in [-0.25, -0.2) is 0 Å². The van der Waals surface area contributed by atoms with E-state index in [4.69, 9.17) is 0 Å². The Hall–Kier alpha value is -1.62. The Morgan fingerprint density at radius 3 is 2.63 bits per heavy atom. The monoisotopic (exact) mass is 261 g/mol. The molecule has 0 aromatic carbocycles. The summed E-state index contributed by atoms with van der Waals surface area (Å²) in [6.07, 6.45) is 4.77. The second kappa shape index (κ2) is 6.02. The molecule has 0 bridgehead atoms. The van der Waals surface area contributed by atoms with Crippen molar-refractivity contribution in [3.05, 3.63) is 35.9 Å². The molecule has 2 heterocycles. The maximum atomic E-state index is 4.62. The third-order valence-corrected chi connectivity index (χ3v) is 3.27. The molecule has 0 spiro atoms. The molecule has 5 heteroatoms. The van der Waals surface area contributed by atoms with Crippen molar-refractivity contribution in [2.45, 2.75) is 39.3 Å². The van der Waals surface area contributed by atoms with Crippen LogP contribution in [0, 0.1) is 0 Å². The molecule has 2 rings (SSSR count). The highest BCUT2D eigenvalue weighted by Gasteiger charge is 2.16. The van der Waals surface area contributed by atoms with Gasteiger partial charge in [-0.3, -0.25) is 9.36 Å². The molecule has 0 aliphatic carbocycles. The standard InChI is InChI=1S/C14H23N5/c1-5-15-13(14-6-8-16-18(14)4)10-12-7-9-19(17-12)11(2)3/h6-9,11,13,15H,5,10H2,1-4H3. The van der Waals surface area contributed by atoms with Crippen LogP contribution < -0.4 is 5.32 Å². The smallest absolute Gasteiger partial charge is 0.0644 e. The average Bonchev–Trinajstić information content (AvgIpc) is 2.97. The Morgan fingerprint density at radius 1 is 1.32 bits per heavy atom. The molecule has 5 nitrogen and oxygen atoms in total. The van der Waals surface area contributed by atoms with Crippen LogP contribution in [0.2, 0.25) is 0 Å². The maximum Gasteiger partial charge on any atom is 0.0644 e. The van der Waals surface area contributed by atoms with Gasteiger partial charge in [-0.2, -0.15) is 10.2 Å². The van der Waals surface area contributed by atoms with Gasteiger partial charge < -0.3 is 5.32 Å². The molecule has 0 aliphatic heterocycles. The lowest BCUT2D eigenvalue weighted by Crippen LogP contribution is -2.25. The molecule has 1 atom stereocenters. The fourth-order valence-electron chi connectivity index (χ4n) is 2.24. The molecule has 0 fully saturated rings. The fourth-order valence-corrected chi connectivity index (χ4v) is 2.24. The topological polar surface area (TPSA) is 47.7 Å². The Kier molecular flexibility index (Phi) is 4.37. The normalized spacial score (nSPS) is 13.1. The van der Waals surface area contributed by atoms with E-state index in [9.17, 15) is 0 Å². The van der Waals surface area contributed by atoms with E-state index in [1.54, 1.807) is 0 Å². The lowest BCUT2D eigenvalue weighted by molar-refractivity contribution is 0.487. The van der Waals surface area contributed by atoms with Crippen LogP contribution >= 0.6 is 0 Å². The number of rotatable bonds is 6. The van der Waals surface area contributed by atoms with Gasteiger partial charge >= 0.3 is 0 Å². The number of nitrogens with zero attached hydrogens (tertiary/aromatic N) is 4. The summed E-state index contributed by atoms with van der Waals surface area (Å²) in [6.45, 7) is 7.33. The Morgan fingerprint density at radius 2 is 2.11 bits per heavy atom. The van der Waals surface area contributed by atoms with E-state index in [0.29, 0.717) is 6.04 Å². The zero-order valence-electron chi connectivity index (χ0n) is 12.2. The first kappa shape index (κ1) is 13.8. The molecule has 19 heavy (non-hydrogen) atoms. The fraction of sp³-hybridized carbons (Fsp3) is 0.571. The third-order valence-electron chi connectivity index (χ3n) is 3.27. The summed E-state index contributed by atoms with van der Waals surface area (Å²) in [5.41, 5.74) is 2.31. The molecule has 104 valence electrons. The molecule has 0 aliphatic rings. The van der Waals surface area contributed by atoms with Gasteiger partial charge in [0, 0.05) is 31.9 Å². The van der Waals surface area contributed by atoms with Crippen molar-refractivity contribution in [3.63, 3.8) is 0 Å². The summed E-state index contributed by atoms with van der Waals surface area (Å²) in [5, 5.41) is 12.4. The zero-order valence-corrected chi connectivity index (χ0v) is 12.2. The third kappa shape index (κ3) is 3.23. The van der Waals surface area contributed by atoms with Crippen LogP contribution in [0.15, 0.2) is 24.5 Å². The summed E-state index contributed by atoms with van der Waals surface area (Å²) in [7, 11) is 1.98. The van der Waals surface area contributed by atoms with Gasteiger partial charge in [0.15, 0.2) is 0 Å². The molecule has 0 amide bonds. The maximum absolute atomic E-state index is 4.62. The number of likely N-dealkylation sites (N-methyl/N-ethyl adjacent to an activating group) is 1. The Balaban J connectivity index is 2.14. The van der Waals surface area contributed by atoms with Gasteiger partial charge in [0.25, 0.3) is 0 Å². The summed E-state index contributed by atoms with van der Waals surface area (Å²) in [4.78, 5) is 0. The highest BCUT2D eigenvalue weighted by Crippen LogP contribution is 2.17. The second-order valence-electron chi connectivity index (χ2n) is 5.07. The van der Waals surface area contributed by atoms with Gasteiger partial charge in [-0.05, 0) is 32.5 Å². The quantitative estimate of drug-likeness (QED) is 0.866. The average molecular weight is 261 g/mol. The van der Waals surface area contributed by atoms with Gasteiger partial charge in [-0.15, -0.1) is 0 Å². The minimum atomic E-state index is 0.257. The summed E-state index contributed by atoms with van der Waals surface area (Å²) in [6, 6.07) is 4.82. The Labute approximate surface area is 114 Å². The molecule has 2 aromatic heterocycles. The predicted molar refractivity (Wildman–Crippen MR) is 75.9 cm³/mol. The first-order valence-corrected chi connectivity index (χ1v) is 6.87. The van der Waals surface area contributed by atoms with E-state index in [0.717, 1.165) is 18.7 Å². The largest absolute Gasteiger partial charge is 0.309 e. The summed E-state index contributed by atoms with van der Waals surface area (Å²) < 4.78 is 3.92. The number of hydrogen-bond donors (Lipinski definition) is 1. The van der Waals surface area contributed by atoms with Crippen LogP contribution in [-0.2, 0) is 13.5 Å². The Bertz CT molecular complexity index is 511. The van der Waals surface area contributed by atoms with E-state index in [1.165, 1.54) is 5.69 Å². The van der Waals surface area contributed by atoms with E-state index in [1.807, 2.05) is 28.8 Å². The van der Waals surface area contributed by atoms with E-state index in [2.05, 4.69) is 48.4 Å². The molecular weight excluding hydrogens is 238 g/mol. The number of aromatic nitrogens is 4. The van der Waals surface area contributed by atoms with Crippen molar-refractivity contribution < 1.29 is 0 Å². The lowest BCUT2D eigenvalue weighted by atomic mass is 10.1. The van der Waals surface area contributed by atoms with Gasteiger partial charge in [0.05, 0.1) is 17.4 Å². The summed E-state index contributed by atoms with van der Waals surface area (Å²) in [5.74, 6) is 0. The van der Waals surface area contributed by atoms with Crippen molar-refractivity contribution in [2.24, 2.45) is 7.05 Å². The SMILES string of the molecule is CCNC(Cc1ccn(C(C)C)n1)c1ccnn1C. The predicted octanol–water partition coefficient (Wildman–Crippen LogP) is 2.09. The van der Waals surface area contributed by atoms with E-state index in [-0.39, 0.29) is 6.04 Å². The second-order valence-corrected chi connectivity index (χ2v) is 5.07. The van der Waals surface area contributed by atoms with E-state index < -0.39 is 0 Å². The van der Waals surface area contributed by atoms with Crippen LogP contribution in [0.3, 0.4) is 0 Å². The molecule has 0 saturated carbocycles. The number of hydrogen-bond acceptors (Lipinski definition) is 3. The van der Waals surface area contributed by atoms with Crippen molar-refractivity contribution in [1.29, 1.82) is 0 Å². The first-order chi connectivity index (χ1) is 9.11. The molecule has 1 unspecified atom stereocenters. The van der Waals surface area contributed by atoms with Crippen LogP contribution in [0.5, 0.6) is 0 Å². The minimum absolute atomic E-state index is 0.257. The van der Waals surface area contributed by atoms with Crippen LogP contribution in [0.25, 0.3) is 0 Å². The highest BCUT2D eigenvalue weighted by atomic mass is 15.3. The zero-order chi connectivity index (χ0) is 13.8. The molecule has 0 saturated heterocycles. The first-order valence-electron chi connectivity index (χ1n) is 6.87.